The molecular weight excluding hydrogens is 278 g/mol. The molecule has 5 nitrogen and oxygen atoms in total. The van der Waals surface area contributed by atoms with E-state index in [4.69, 9.17) is 0 Å². The lowest BCUT2D eigenvalue weighted by Crippen LogP contribution is -2.25. The summed E-state index contributed by atoms with van der Waals surface area (Å²) in [7, 11) is 0. The molecule has 1 aliphatic rings. The highest BCUT2D eigenvalue weighted by Crippen LogP contribution is 2.27. The van der Waals surface area contributed by atoms with E-state index in [1.165, 1.54) is 18.4 Å². The minimum absolute atomic E-state index is 0.338. The lowest BCUT2D eigenvalue weighted by atomic mass is 9.99. The standard InChI is InChI=1S/C17H21N3O2/c1-11-15(16(21)19-17(22)18-11)14-7-5-6-13(10-14)12(2)20-8-3-4-9-20/h5-7,10,12H,3-4,8-9H2,1-2H3,(H2,18,19,21,22). The second-order valence-electron chi connectivity index (χ2n) is 5.95. The maximum absolute atomic E-state index is 12.1. The number of hydrogen-bond acceptors (Lipinski definition) is 3. The van der Waals surface area contributed by atoms with Crippen molar-refractivity contribution in [2.75, 3.05) is 13.1 Å². The number of rotatable bonds is 3. The number of nitrogens with zero attached hydrogens (tertiary/aromatic N) is 1. The Hall–Kier alpha value is -2.14. The molecule has 1 fully saturated rings. The predicted octanol–water partition coefficient (Wildman–Crippen LogP) is 2.20. The van der Waals surface area contributed by atoms with E-state index in [0.717, 1.165) is 18.7 Å². The van der Waals surface area contributed by atoms with Crippen LogP contribution in [0.2, 0.25) is 0 Å². The zero-order valence-corrected chi connectivity index (χ0v) is 13.0. The normalized spacial score (nSPS) is 16.8. The first kappa shape index (κ1) is 14.8. The highest BCUT2D eigenvalue weighted by atomic mass is 16.2. The number of aromatic nitrogens is 2. The molecule has 0 saturated carbocycles. The SMILES string of the molecule is Cc1[nH]c(=O)[nH]c(=O)c1-c1cccc(C(C)N2CCCC2)c1. The number of benzene rings is 1. The molecule has 1 aromatic carbocycles. The van der Waals surface area contributed by atoms with Gasteiger partial charge in [-0.2, -0.15) is 0 Å². The van der Waals surface area contributed by atoms with Crippen LogP contribution in [0.4, 0.5) is 0 Å². The second-order valence-corrected chi connectivity index (χ2v) is 5.95. The van der Waals surface area contributed by atoms with E-state index in [2.05, 4.69) is 33.9 Å². The van der Waals surface area contributed by atoms with E-state index in [0.29, 0.717) is 17.3 Å². The molecule has 0 bridgehead atoms. The molecule has 0 spiro atoms. The Bertz CT molecular complexity index is 785. The smallest absolute Gasteiger partial charge is 0.311 e. The van der Waals surface area contributed by atoms with Crippen molar-refractivity contribution < 1.29 is 0 Å². The van der Waals surface area contributed by atoms with Crippen LogP contribution < -0.4 is 11.2 Å². The summed E-state index contributed by atoms with van der Waals surface area (Å²) in [4.78, 5) is 30.9. The fraction of sp³-hybridized carbons (Fsp3) is 0.412. The van der Waals surface area contributed by atoms with Crippen LogP contribution >= 0.6 is 0 Å². The molecule has 0 aliphatic carbocycles. The second kappa shape index (κ2) is 5.93. The van der Waals surface area contributed by atoms with Crippen molar-refractivity contribution in [3.63, 3.8) is 0 Å². The molecule has 1 unspecified atom stereocenters. The van der Waals surface area contributed by atoms with Crippen LogP contribution in [-0.4, -0.2) is 28.0 Å². The Kier molecular flexibility index (Phi) is 3.98. The van der Waals surface area contributed by atoms with Crippen molar-refractivity contribution in [3.8, 4) is 11.1 Å². The van der Waals surface area contributed by atoms with E-state index in [-0.39, 0.29) is 5.56 Å². The van der Waals surface area contributed by atoms with Gasteiger partial charge in [0, 0.05) is 11.7 Å². The predicted molar refractivity (Wildman–Crippen MR) is 87.1 cm³/mol. The van der Waals surface area contributed by atoms with Gasteiger partial charge in [0.25, 0.3) is 5.56 Å². The van der Waals surface area contributed by atoms with Crippen LogP contribution in [0.25, 0.3) is 11.1 Å². The van der Waals surface area contributed by atoms with E-state index in [1.807, 2.05) is 12.1 Å². The van der Waals surface area contributed by atoms with Gasteiger partial charge in [-0.15, -0.1) is 0 Å². The van der Waals surface area contributed by atoms with Gasteiger partial charge in [0.05, 0.1) is 5.56 Å². The molecular formula is C17H21N3O2. The van der Waals surface area contributed by atoms with Gasteiger partial charge in [-0.1, -0.05) is 18.2 Å². The van der Waals surface area contributed by atoms with Crippen LogP contribution in [0.15, 0.2) is 33.9 Å². The van der Waals surface area contributed by atoms with Crippen molar-refractivity contribution in [1.29, 1.82) is 0 Å². The third-order valence-electron chi connectivity index (χ3n) is 4.48. The van der Waals surface area contributed by atoms with Crippen LogP contribution in [0, 0.1) is 6.92 Å². The average Bonchev–Trinajstić information content (AvgIpc) is 3.00. The molecule has 1 saturated heterocycles. The van der Waals surface area contributed by atoms with Crippen LogP contribution in [0.3, 0.4) is 0 Å². The van der Waals surface area contributed by atoms with E-state index < -0.39 is 5.69 Å². The summed E-state index contributed by atoms with van der Waals surface area (Å²) < 4.78 is 0. The van der Waals surface area contributed by atoms with Gasteiger partial charge in [0.1, 0.15) is 0 Å². The monoisotopic (exact) mass is 299 g/mol. The Morgan fingerprint density at radius 2 is 1.86 bits per heavy atom. The Morgan fingerprint density at radius 1 is 1.14 bits per heavy atom. The molecule has 1 aliphatic heterocycles. The molecule has 116 valence electrons. The zero-order valence-electron chi connectivity index (χ0n) is 13.0. The van der Waals surface area contributed by atoms with Crippen LogP contribution in [-0.2, 0) is 0 Å². The number of aromatic amines is 2. The average molecular weight is 299 g/mol. The van der Waals surface area contributed by atoms with Gasteiger partial charge >= 0.3 is 5.69 Å². The molecule has 2 aromatic rings. The van der Waals surface area contributed by atoms with E-state index >= 15 is 0 Å². The summed E-state index contributed by atoms with van der Waals surface area (Å²) >= 11 is 0. The molecule has 0 radical (unpaired) electrons. The number of nitrogens with one attached hydrogen (secondary N) is 2. The van der Waals surface area contributed by atoms with Gasteiger partial charge in [-0.25, -0.2) is 4.79 Å². The first-order valence-corrected chi connectivity index (χ1v) is 7.74. The van der Waals surface area contributed by atoms with Gasteiger partial charge in [-0.05, 0) is 57.0 Å². The third-order valence-corrected chi connectivity index (χ3v) is 4.48. The number of likely N-dealkylation sites (tertiary alicyclic amines) is 1. The maximum Gasteiger partial charge on any atom is 0.325 e. The fourth-order valence-electron chi connectivity index (χ4n) is 3.24. The molecule has 0 amide bonds. The van der Waals surface area contributed by atoms with Gasteiger partial charge in [0.2, 0.25) is 0 Å². The van der Waals surface area contributed by atoms with Gasteiger partial charge < -0.3 is 4.98 Å². The molecule has 5 heteroatoms. The van der Waals surface area contributed by atoms with E-state index in [9.17, 15) is 9.59 Å². The largest absolute Gasteiger partial charge is 0.325 e. The molecule has 22 heavy (non-hydrogen) atoms. The summed E-state index contributed by atoms with van der Waals surface area (Å²) in [5.74, 6) is 0. The first-order valence-electron chi connectivity index (χ1n) is 7.74. The first-order chi connectivity index (χ1) is 10.6. The fourth-order valence-corrected chi connectivity index (χ4v) is 3.24. The lowest BCUT2D eigenvalue weighted by Gasteiger charge is -2.24. The third kappa shape index (κ3) is 2.76. The van der Waals surface area contributed by atoms with Crippen molar-refractivity contribution in [1.82, 2.24) is 14.9 Å². The maximum atomic E-state index is 12.1. The van der Waals surface area contributed by atoms with Crippen LogP contribution in [0.1, 0.15) is 37.1 Å². The van der Waals surface area contributed by atoms with Crippen molar-refractivity contribution >= 4 is 0 Å². The van der Waals surface area contributed by atoms with Gasteiger partial charge in [0.15, 0.2) is 0 Å². The summed E-state index contributed by atoms with van der Waals surface area (Å²) in [5.41, 5.74) is 2.37. The quantitative estimate of drug-likeness (QED) is 0.913. The topological polar surface area (TPSA) is 69.0 Å². The molecule has 1 atom stereocenters. The zero-order chi connectivity index (χ0) is 15.7. The number of aryl methyl sites for hydroxylation is 1. The minimum atomic E-state index is -0.465. The number of H-pyrrole nitrogens is 2. The minimum Gasteiger partial charge on any atom is -0.311 e. The summed E-state index contributed by atoms with van der Waals surface area (Å²) in [6.45, 7) is 6.21. The van der Waals surface area contributed by atoms with Crippen molar-refractivity contribution in [2.45, 2.75) is 32.7 Å². The number of hydrogen-bond donors (Lipinski definition) is 2. The van der Waals surface area contributed by atoms with Crippen molar-refractivity contribution in [2.24, 2.45) is 0 Å². The van der Waals surface area contributed by atoms with Crippen LogP contribution in [0.5, 0.6) is 0 Å². The highest BCUT2D eigenvalue weighted by molar-refractivity contribution is 5.65. The lowest BCUT2D eigenvalue weighted by molar-refractivity contribution is 0.263. The Labute approximate surface area is 129 Å². The van der Waals surface area contributed by atoms with E-state index in [1.54, 1.807) is 6.92 Å². The summed E-state index contributed by atoms with van der Waals surface area (Å²) in [6, 6.07) is 8.38. The molecule has 1 aromatic heterocycles. The van der Waals surface area contributed by atoms with Crippen molar-refractivity contribution in [3.05, 3.63) is 56.4 Å². The molecule has 2 N–H and O–H groups in total. The summed E-state index contributed by atoms with van der Waals surface area (Å²) in [6.07, 6.45) is 2.51. The summed E-state index contributed by atoms with van der Waals surface area (Å²) in [5, 5.41) is 0. The Morgan fingerprint density at radius 3 is 2.55 bits per heavy atom. The Balaban J connectivity index is 2.01. The highest BCUT2D eigenvalue weighted by Gasteiger charge is 2.20. The molecule has 2 heterocycles. The van der Waals surface area contributed by atoms with Gasteiger partial charge in [-0.3, -0.25) is 14.7 Å². The molecule has 3 rings (SSSR count).